The van der Waals surface area contributed by atoms with Crippen molar-refractivity contribution in [1.82, 2.24) is 10.2 Å². The zero-order valence-corrected chi connectivity index (χ0v) is 14.8. The second kappa shape index (κ2) is 8.08. The number of nitrogens with zero attached hydrogens (tertiary/aromatic N) is 4. The number of anilines is 2. The first kappa shape index (κ1) is 18.0. The summed E-state index contributed by atoms with van der Waals surface area (Å²) >= 11 is 0. The van der Waals surface area contributed by atoms with E-state index < -0.39 is 6.61 Å². The van der Waals surface area contributed by atoms with Gasteiger partial charge in [-0.3, -0.25) is 0 Å². The number of fused-ring (bicyclic) bond motifs is 1. The molecular weight excluding hydrogens is 364 g/mol. The van der Waals surface area contributed by atoms with Gasteiger partial charge < -0.3 is 10.1 Å². The van der Waals surface area contributed by atoms with Crippen molar-refractivity contribution in [3.05, 3.63) is 65.4 Å². The lowest BCUT2D eigenvalue weighted by molar-refractivity contribution is -0.0498. The Morgan fingerprint density at radius 1 is 1.04 bits per heavy atom. The molecule has 0 radical (unpaired) electrons. The normalized spacial score (nSPS) is 15.0. The number of hydrogen-bond donors (Lipinski definition) is 1. The van der Waals surface area contributed by atoms with Crippen LogP contribution in [0.15, 0.2) is 69.9 Å². The van der Waals surface area contributed by atoms with Crippen LogP contribution in [0.1, 0.15) is 18.5 Å². The molecule has 1 aliphatic carbocycles. The Bertz CT molecular complexity index is 963. The second-order valence-corrected chi connectivity index (χ2v) is 6.31. The standard InChI is InChI=1S/C20H17F2N5O/c21-20(22)28-17-7-4-15(5-8-17)24-19-10-6-16(25-27-19)3-1-13-2-9-18-14(11-13)12-23-26-18/h2,4-8,10-12,20H,1,3,9H2,(H,24,27). The van der Waals surface area contributed by atoms with Crippen LogP contribution in [0.2, 0.25) is 0 Å². The van der Waals surface area contributed by atoms with Gasteiger partial charge in [0, 0.05) is 17.7 Å². The van der Waals surface area contributed by atoms with Crippen molar-refractivity contribution in [2.24, 2.45) is 10.2 Å². The first-order valence-corrected chi connectivity index (χ1v) is 8.81. The number of hydrogen-bond acceptors (Lipinski definition) is 6. The van der Waals surface area contributed by atoms with Gasteiger partial charge in [-0.2, -0.15) is 24.1 Å². The van der Waals surface area contributed by atoms with E-state index in [0.717, 1.165) is 36.2 Å². The molecule has 2 aliphatic rings. The first-order chi connectivity index (χ1) is 13.7. The third-order valence-corrected chi connectivity index (χ3v) is 4.35. The molecule has 0 amide bonds. The summed E-state index contributed by atoms with van der Waals surface area (Å²) in [6.45, 7) is -2.83. The smallest absolute Gasteiger partial charge is 0.387 e. The number of nitrogens with one attached hydrogen (secondary N) is 1. The van der Waals surface area contributed by atoms with Crippen molar-refractivity contribution in [2.75, 3.05) is 5.32 Å². The topological polar surface area (TPSA) is 71.8 Å². The second-order valence-electron chi connectivity index (χ2n) is 6.31. The lowest BCUT2D eigenvalue weighted by Gasteiger charge is -2.10. The van der Waals surface area contributed by atoms with Crippen LogP contribution in [-0.2, 0) is 6.42 Å². The summed E-state index contributed by atoms with van der Waals surface area (Å²) in [5, 5.41) is 19.5. The maximum Gasteiger partial charge on any atom is 0.387 e. The number of rotatable bonds is 7. The van der Waals surface area contributed by atoms with Crippen LogP contribution in [0.25, 0.3) is 0 Å². The van der Waals surface area contributed by atoms with E-state index in [9.17, 15) is 8.78 Å². The third-order valence-electron chi connectivity index (χ3n) is 4.35. The van der Waals surface area contributed by atoms with Crippen LogP contribution in [0.4, 0.5) is 20.3 Å². The van der Waals surface area contributed by atoms with Crippen LogP contribution in [0.3, 0.4) is 0 Å². The van der Waals surface area contributed by atoms with Crippen molar-refractivity contribution >= 4 is 23.4 Å². The summed E-state index contributed by atoms with van der Waals surface area (Å²) in [4.78, 5) is 0. The van der Waals surface area contributed by atoms with E-state index >= 15 is 0 Å². The van der Waals surface area contributed by atoms with Gasteiger partial charge in [0.05, 0.1) is 17.6 Å². The Kier molecular flexibility index (Phi) is 5.18. The molecule has 1 aromatic carbocycles. The molecule has 142 valence electrons. The molecule has 0 unspecified atom stereocenters. The fourth-order valence-corrected chi connectivity index (χ4v) is 2.93. The monoisotopic (exact) mass is 381 g/mol. The maximum atomic E-state index is 12.2. The zero-order valence-electron chi connectivity index (χ0n) is 14.8. The van der Waals surface area contributed by atoms with Crippen molar-refractivity contribution in [3.8, 4) is 5.75 Å². The van der Waals surface area contributed by atoms with E-state index in [-0.39, 0.29) is 5.75 Å². The number of allylic oxidation sites excluding steroid dienone is 4. The van der Waals surface area contributed by atoms with Gasteiger partial charge in [0.1, 0.15) is 5.75 Å². The molecule has 0 bridgehead atoms. The highest BCUT2D eigenvalue weighted by atomic mass is 19.3. The average Bonchev–Trinajstić information content (AvgIpc) is 3.16. The van der Waals surface area contributed by atoms with Crippen molar-refractivity contribution < 1.29 is 13.5 Å². The summed E-state index contributed by atoms with van der Waals surface area (Å²) < 4.78 is 28.7. The number of aryl methyl sites for hydroxylation is 1. The van der Waals surface area contributed by atoms with Crippen LogP contribution in [-0.4, -0.2) is 28.7 Å². The molecule has 2 heterocycles. The number of aromatic nitrogens is 2. The Morgan fingerprint density at radius 2 is 1.89 bits per heavy atom. The zero-order chi connectivity index (χ0) is 19.3. The number of ether oxygens (including phenoxy) is 1. The highest BCUT2D eigenvalue weighted by Gasteiger charge is 2.14. The minimum atomic E-state index is -2.83. The lowest BCUT2D eigenvalue weighted by Crippen LogP contribution is -2.05. The summed E-state index contributed by atoms with van der Waals surface area (Å²) in [6, 6.07) is 9.97. The van der Waals surface area contributed by atoms with Gasteiger partial charge in [-0.1, -0.05) is 11.6 Å². The van der Waals surface area contributed by atoms with Gasteiger partial charge in [0.25, 0.3) is 0 Å². The highest BCUT2D eigenvalue weighted by molar-refractivity contribution is 6.20. The minimum Gasteiger partial charge on any atom is -0.435 e. The van der Waals surface area contributed by atoms with Gasteiger partial charge in [0.2, 0.25) is 0 Å². The molecule has 0 spiro atoms. The highest BCUT2D eigenvalue weighted by Crippen LogP contribution is 2.22. The molecule has 2 aromatic rings. The molecule has 0 fully saturated rings. The summed E-state index contributed by atoms with van der Waals surface area (Å²) in [5.41, 5.74) is 4.96. The number of alkyl halides is 2. The molecule has 1 aliphatic heterocycles. The van der Waals surface area contributed by atoms with Crippen molar-refractivity contribution in [3.63, 3.8) is 0 Å². The molecule has 4 rings (SSSR count). The molecule has 8 heteroatoms. The molecule has 28 heavy (non-hydrogen) atoms. The summed E-state index contributed by atoms with van der Waals surface area (Å²) in [6.07, 6.45) is 8.54. The Morgan fingerprint density at radius 3 is 2.64 bits per heavy atom. The van der Waals surface area contributed by atoms with Crippen LogP contribution in [0, 0.1) is 0 Å². The van der Waals surface area contributed by atoms with Crippen LogP contribution < -0.4 is 10.1 Å². The van der Waals surface area contributed by atoms with E-state index in [1.807, 2.05) is 12.1 Å². The Balaban J connectivity index is 1.31. The van der Waals surface area contributed by atoms with Crippen molar-refractivity contribution in [1.29, 1.82) is 0 Å². The molecular formula is C20H17F2N5O. The van der Waals surface area contributed by atoms with E-state index in [1.54, 1.807) is 18.3 Å². The van der Waals surface area contributed by atoms with E-state index in [2.05, 4.69) is 42.6 Å². The molecule has 0 saturated heterocycles. The lowest BCUT2D eigenvalue weighted by atomic mass is 9.95. The minimum absolute atomic E-state index is 0.108. The van der Waals surface area contributed by atoms with Crippen LogP contribution in [0.5, 0.6) is 5.75 Å². The maximum absolute atomic E-state index is 12.2. The van der Waals surface area contributed by atoms with Crippen LogP contribution >= 0.6 is 0 Å². The third kappa shape index (κ3) is 4.46. The summed E-state index contributed by atoms with van der Waals surface area (Å²) in [7, 11) is 0. The van der Waals surface area contributed by atoms with E-state index in [1.165, 1.54) is 17.7 Å². The molecule has 6 nitrogen and oxygen atoms in total. The van der Waals surface area contributed by atoms with Gasteiger partial charge in [-0.15, -0.1) is 5.10 Å². The number of benzene rings is 1. The predicted molar refractivity (Wildman–Crippen MR) is 103 cm³/mol. The Labute approximate surface area is 160 Å². The van der Waals surface area contributed by atoms with E-state index in [4.69, 9.17) is 0 Å². The largest absolute Gasteiger partial charge is 0.435 e. The fraction of sp³-hybridized carbons (Fsp3) is 0.200. The van der Waals surface area contributed by atoms with Gasteiger partial charge in [0.15, 0.2) is 5.82 Å². The first-order valence-electron chi connectivity index (χ1n) is 8.81. The van der Waals surface area contributed by atoms with E-state index in [0.29, 0.717) is 11.5 Å². The molecule has 1 N–H and O–H groups in total. The van der Waals surface area contributed by atoms with Crippen molar-refractivity contribution in [2.45, 2.75) is 25.9 Å². The molecule has 0 atom stereocenters. The summed E-state index contributed by atoms with van der Waals surface area (Å²) in [5.74, 6) is 0.685. The Hall–Kier alpha value is -3.42. The van der Waals surface area contributed by atoms with Gasteiger partial charge >= 0.3 is 6.61 Å². The quantitative estimate of drug-likeness (QED) is 0.769. The van der Waals surface area contributed by atoms with Gasteiger partial charge in [-0.25, -0.2) is 0 Å². The predicted octanol–water partition coefficient (Wildman–Crippen LogP) is 4.45. The average molecular weight is 381 g/mol. The molecule has 0 saturated carbocycles. The van der Waals surface area contributed by atoms with Gasteiger partial charge in [-0.05, 0) is 55.3 Å². The molecule has 1 aromatic heterocycles. The fourth-order valence-electron chi connectivity index (χ4n) is 2.93. The SMILES string of the molecule is FC(F)Oc1ccc(Nc2ccc(CCC3=CCC4=NN=CC4=C3)nn2)cc1. The number of halogens is 2.